The maximum atomic E-state index is 9.69. The van der Waals surface area contributed by atoms with Gasteiger partial charge in [-0.3, -0.25) is 0 Å². The molecule has 0 radical (unpaired) electrons. The van der Waals surface area contributed by atoms with Gasteiger partial charge in [0.15, 0.2) is 0 Å². The second-order valence-corrected chi connectivity index (χ2v) is 5.00. The second kappa shape index (κ2) is 11.4. The van der Waals surface area contributed by atoms with Crippen molar-refractivity contribution in [3.8, 4) is 0 Å². The lowest BCUT2D eigenvalue weighted by molar-refractivity contribution is 0.0760. The molecule has 0 saturated heterocycles. The number of aliphatic hydroxyl groups excluding tert-OH is 4. The van der Waals surface area contributed by atoms with Crippen LogP contribution in [0.4, 0.5) is 0 Å². The summed E-state index contributed by atoms with van der Waals surface area (Å²) in [6, 6.07) is 0. The van der Waals surface area contributed by atoms with Crippen molar-refractivity contribution >= 4 is 0 Å². The Morgan fingerprint density at radius 3 is 2.26 bits per heavy atom. The van der Waals surface area contributed by atoms with Crippen molar-refractivity contribution < 1.29 is 20.4 Å². The lowest BCUT2D eigenvalue weighted by atomic mass is 10.0. The minimum absolute atomic E-state index is 0.308. The summed E-state index contributed by atoms with van der Waals surface area (Å²) in [4.78, 5) is 0. The molecule has 19 heavy (non-hydrogen) atoms. The van der Waals surface area contributed by atoms with Crippen LogP contribution in [-0.2, 0) is 0 Å². The molecule has 0 bridgehead atoms. The van der Waals surface area contributed by atoms with Gasteiger partial charge in [-0.15, -0.1) is 0 Å². The summed E-state index contributed by atoms with van der Waals surface area (Å²) in [6.45, 7) is 2.40. The van der Waals surface area contributed by atoms with E-state index < -0.39 is 24.4 Å². The van der Waals surface area contributed by atoms with Gasteiger partial charge in [-0.2, -0.15) is 0 Å². The molecular weight excluding hydrogens is 246 g/mol. The van der Waals surface area contributed by atoms with E-state index in [9.17, 15) is 20.4 Å². The van der Waals surface area contributed by atoms with E-state index >= 15 is 0 Å². The minimum atomic E-state index is -0.690. The SMILES string of the molecule is CCC(O)CC(O)C=CCC(O)CC(O)CCCN. The number of aliphatic hydroxyl groups is 4. The van der Waals surface area contributed by atoms with E-state index in [4.69, 9.17) is 5.73 Å². The van der Waals surface area contributed by atoms with Crippen molar-refractivity contribution in [2.24, 2.45) is 5.73 Å². The average Bonchev–Trinajstić information content (AvgIpc) is 2.35. The first-order valence-electron chi connectivity index (χ1n) is 7.08. The fourth-order valence-corrected chi connectivity index (χ4v) is 1.80. The first kappa shape index (κ1) is 18.5. The summed E-state index contributed by atoms with van der Waals surface area (Å²) in [5.41, 5.74) is 5.34. The smallest absolute Gasteiger partial charge is 0.0745 e. The third-order valence-corrected chi connectivity index (χ3v) is 3.04. The Hall–Kier alpha value is -0.460. The molecule has 5 nitrogen and oxygen atoms in total. The lowest BCUT2D eigenvalue weighted by Crippen LogP contribution is -2.18. The number of hydrogen-bond donors (Lipinski definition) is 5. The zero-order chi connectivity index (χ0) is 14.7. The summed E-state index contributed by atoms with van der Waals surface area (Å²) >= 11 is 0. The van der Waals surface area contributed by atoms with E-state index in [1.165, 1.54) is 0 Å². The molecule has 0 heterocycles. The van der Waals surface area contributed by atoms with E-state index in [0.29, 0.717) is 38.6 Å². The van der Waals surface area contributed by atoms with Crippen molar-refractivity contribution in [2.75, 3.05) is 6.54 Å². The summed E-state index contributed by atoms with van der Waals surface area (Å²) in [5, 5.41) is 38.2. The van der Waals surface area contributed by atoms with Crippen LogP contribution < -0.4 is 5.73 Å². The lowest BCUT2D eigenvalue weighted by Gasteiger charge is -2.14. The van der Waals surface area contributed by atoms with Crippen molar-refractivity contribution in [3.63, 3.8) is 0 Å². The van der Waals surface area contributed by atoms with Gasteiger partial charge in [0, 0.05) is 6.42 Å². The zero-order valence-corrected chi connectivity index (χ0v) is 11.8. The molecule has 6 N–H and O–H groups in total. The predicted molar refractivity (Wildman–Crippen MR) is 75.6 cm³/mol. The summed E-state index contributed by atoms with van der Waals surface area (Å²) < 4.78 is 0. The Balaban J connectivity index is 3.78. The number of nitrogens with two attached hydrogens (primary N) is 1. The highest BCUT2D eigenvalue weighted by Crippen LogP contribution is 2.09. The summed E-state index contributed by atoms with van der Waals surface area (Å²) in [7, 11) is 0. The molecule has 5 heteroatoms. The highest BCUT2D eigenvalue weighted by atomic mass is 16.3. The third kappa shape index (κ3) is 11.1. The van der Waals surface area contributed by atoms with Gasteiger partial charge >= 0.3 is 0 Å². The van der Waals surface area contributed by atoms with E-state index in [1.54, 1.807) is 12.2 Å². The fraction of sp³-hybridized carbons (Fsp3) is 0.857. The van der Waals surface area contributed by atoms with Gasteiger partial charge in [0.25, 0.3) is 0 Å². The molecule has 114 valence electrons. The molecule has 4 atom stereocenters. The highest BCUT2D eigenvalue weighted by Gasteiger charge is 2.11. The Labute approximate surface area is 115 Å². The van der Waals surface area contributed by atoms with Gasteiger partial charge in [-0.25, -0.2) is 0 Å². The molecule has 4 unspecified atom stereocenters. The van der Waals surface area contributed by atoms with Crippen molar-refractivity contribution in [1.29, 1.82) is 0 Å². The Kier molecular flexibility index (Phi) is 11.1. The molecule has 0 aliphatic carbocycles. The van der Waals surface area contributed by atoms with Crippen molar-refractivity contribution in [3.05, 3.63) is 12.2 Å². The largest absolute Gasteiger partial charge is 0.393 e. The van der Waals surface area contributed by atoms with Crippen LogP contribution in [-0.4, -0.2) is 51.4 Å². The van der Waals surface area contributed by atoms with Crippen LogP contribution in [0.5, 0.6) is 0 Å². The predicted octanol–water partition coefficient (Wildman–Crippen LogP) is 0.305. The topological polar surface area (TPSA) is 107 Å². The van der Waals surface area contributed by atoms with Crippen LogP contribution in [0.3, 0.4) is 0 Å². The normalized spacial score (nSPS) is 18.4. The van der Waals surface area contributed by atoms with Gasteiger partial charge < -0.3 is 26.2 Å². The molecular formula is C14H29NO4. The standard InChI is InChI=1S/C14H29NO4/c1-2-11(16)9-12(17)5-3-6-13(18)10-14(19)7-4-8-15/h3,5,11-14,16-19H,2,4,6-10,15H2,1H3. The van der Waals surface area contributed by atoms with E-state index in [0.717, 1.165) is 6.42 Å². The van der Waals surface area contributed by atoms with Crippen LogP contribution in [0.2, 0.25) is 0 Å². The van der Waals surface area contributed by atoms with Crippen LogP contribution in [0.1, 0.15) is 45.4 Å². The molecule has 0 aromatic carbocycles. The maximum Gasteiger partial charge on any atom is 0.0745 e. The average molecular weight is 275 g/mol. The quantitative estimate of drug-likeness (QED) is 0.349. The van der Waals surface area contributed by atoms with Gasteiger partial charge in [-0.05, 0) is 38.6 Å². The van der Waals surface area contributed by atoms with E-state index in [2.05, 4.69) is 0 Å². The van der Waals surface area contributed by atoms with Gasteiger partial charge in [0.1, 0.15) is 0 Å². The molecule has 0 saturated carbocycles. The second-order valence-electron chi connectivity index (χ2n) is 5.00. The molecule has 0 aromatic rings. The Bertz CT molecular complexity index is 235. The van der Waals surface area contributed by atoms with Crippen LogP contribution in [0, 0.1) is 0 Å². The van der Waals surface area contributed by atoms with Crippen molar-refractivity contribution in [1.82, 2.24) is 0 Å². The number of hydrogen-bond acceptors (Lipinski definition) is 5. The maximum absolute atomic E-state index is 9.69. The fourth-order valence-electron chi connectivity index (χ4n) is 1.80. The molecule has 0 aliphatic rings. The monoisotopic (exact) mass is 275 g/mol. The van der Waals surface area contributed by atoms with Crippen LogP contribution in [0.15, 0.2) is 12.2 Å². The molecule has 0 fully saturated rings. The molecule has 0 amide bonds. The molecule has 0 rings (SSSR count). The summed E-state index contributed by atoms with van der Waals surface area (Å²) in [5.74, 6) is 0. The Morgan fingerprint density at radius 1 is 1.00 bits per heavy atom. The zero-order valence-electron chi connectivity index (χ0n) is 11.8. The first-order valence-corrected chi connectivity index (χ1v) is 7.08. The van der Waals surface area contributed by atoms with E-state index in [1.807, 2.05) is 6.92 Å². The molecule has 0 aliphatic heterocycles. The number of rotatable bonds is 11. The molecule has 0 spiro atoms. The van der Waals surface area contributed by atoms with Gasteiger partial charge in [0.05, 0.1) is 24.4 Å². The van der Waals surface area contributed by atoms with Crippen LogP contribution >= 0.6 is 0 Å². The highest BCUT2D eigenvalue weighted by molar-refractivity contribution is 4.91. The van der Waals surface area contributed by atoms with Gasteiger partial charge in [0.2, 0.25) is 0 Å². The van der Waals surface area contributed by atoms with E-state index in [-0.39, 0.29) is 0 Å². The van der Waals surface area contributed by atoms with Gasteiger partial charge in [-0.1, -0.05) is 19.1 Å². The summed E-state index contributed by atoms with van der Waals surface area (Å²) in [6.07, 6.45) is 3.90. The molecule has 0 aromatic heterocycles. The minimum Gasteiger partial charge on any atom is -0.393 e. The Morgan fingerprint density at radius 2 is 1.68 bits per heavy atom. The third-order valence-electron chi connectivity index (χ3n) is 3.04. The van der Waals surface area contributed by atoms with Crippen molar-refractivity contribution in [2.45, 2.75) is 69.9 Å². The first-order chi connectivity index (χ1) is 8.99. The van der Waals surface area contributed by atoms with Crippen LogP contribution in [0.25, 0.3) is 0 Å².